The van der Waals surface area contributed by atoms with Crippen LogP contribution >= 0.6 is 0 Å². The number of imidazole rings is 1. The van der Waals surface area contributed by atoms with Gasteiger partial charge in [-0.1, -0.05) is 6.92 Å². The van der Waals surface area contributed by atoms with Gasteiger partial charge >= 0.3 is 12.1 Å². The zero-order valence-electron chi connectivity index (χ0n) is 32.1. The van der Waals surface area contributed by atoms with Crippen LogP contribution in [-0.2, 0) is 11.2 Å². The molecule has 0 radical (unpaired) electrons. The predicted octanol–water partition coefficient (Wildman–Crippen LogP) is 7.26. The van der Waals surface area contributed by atoms with E-state index in [4.69, 9.17) is 9.47 Å². The molecule has 0 bridgehead atoms. The number of anilines is 2. The average molecular weight is 768 g/mol. The third kappa shape index (κ3) is 8.88. The predicted molar refractivity (Wildman–Crippen MR) is 207 cm³/mol. The van der Waals surface area contributed by atoms with E-state index in [-0.39, 0.29) is 29.3 Å². The summed E-state index contributed by atoms with van der Waals surface area (Å²) in [6.45, 7) is 12.7. The number of ether oxygens (including phenoxy) is 2. The van der Waals surface area contributed by atoms with Crippen LogP contribution in [0.5, 0.6) is 11.8 Å². The van der Waals surface area contributed by atoms with Gasteiger partial charge in [0.05, 0.1) is 11.9 Å². The number of nitrogens with one attached hydrogen (secondary N) is 2. The number of hydrogen-bond acceptors (Lipinski definition) is 10. The van der Waals surface area contributed by atoms with Crippen molar-refractivity contribution in [3.05, 3.63) is 90.1 Å². The molecule has 0 spiro atoms. The van der Waals surface area contributed by atoms with Crippen LogP contribution in [0.15, 0.2) is 67.4 Å². The second-order valence-electron chi connectivity index (χ2n) is 15.4. The van der Waals surface area contributed by atoms with Crippen LogP contribution in [0.25, 0.3) is 16.9 Å². The molecule has 15 heteroatoms. The first-order chi connectivity index (χ1) is 27.0. The Hall–Kier alpha value is -5.70. The lowest BCUT2D eigenvalue weighted by molar-refractivity contribution is 0.0283. The molecule has 2 aromatic carbocycles. The van der Waals surface area contributed by atoms with E-state index < -0.39 is 17.2 Å². The van der Waals surface area contributed by atoms with E-state index in [2.05, 4.69) is 35.5 Å². The number of hydrogen-bond donors (Lipinski definition) is 2. The topological polar surface area (TPSA) is 139 Å². The van der Waals surface area contributed by atoms with Crippen LogP contribution in [0.1, 0.15) is 62.9 Å². The highest BCUT2D eigenvalue weighted by molar-refractivity contribution is 5.96. The standard InChI is InChI=1S/C41H47F2N9O4/c1-5-28-21-29(7-8-30(28)38(53)48-22-26-11-17-50(18-12-26)24-27-13-19-51(25-27)40(54)56-41(2,3)4)49-36-37-47-23-32(52(37)20-16-44-36)31-9-10-33(35(43)34(31)42)55-39-45-14-6-15-46-39/h6-10,14-16,20-21,23,26-27H,5,11-13,17-19,22,24-25H2,1-4H3,(H,44,49)(H,48,53). The first kappa shape index (κ1) is 38.6. The highest BCUT2D eigenvalue weighted by atomic mass is 19.2. The number of piperidine rings is 1. The fourth-order valence-electron chi connectivity index (χ4n) is 7.32. The maximum absolute atomic E-state index is 15.4. The molecule has 0 aliphatic carbocycles. The summed E-state index contributed by atoms with van der Waals surface area (Å²) in [4.78, 5) is 46.9. The number of fused-ring (bicyclic) bond motifs is 1. The minimum atomic E-state index is -1.18. The zero-order chi connectivity index (χ0) is 39.4. The van der Waals surface area contributed by atoms with Gasteiger partial charge in [-0.3, -0.25) is 9.20 Å². The van der Waals surface area contributed by atoms with Gasteiger partial charge < -0.3 is 29.9 Å². The van der Waals surface area contributed by atoms with Gasteiger partial charge in [0.25, 0.3) is 5.91 Å². The Labute approximate surface area is 324 Å². The number of amides is 2. The SMILES string of the molecule is CCc1cc(Nc2nccn3c(-c4ccc(Oc5ncccn5)c(F)c4F)cnc23)ccc1C(=O)NCC1CCN(CC2CCN(C(=O)OC(C)(C)C)C2)CC1. The third-order valence-electron chi connectivity index (χ3n) is 10.2. The summed E-state index contributed by atoms with van der Waals surface area (Å²) in [6, 6.07) is 9.75. The van der Waals surface area contributed by atoms with Crippen molar-refractivity contribution in [2.45, 2.75) is 59.0 Å². The van der Waals surface area contributed by atoms with E-state index in [1.807, 2.05) is 44.7 Å². The minimum absolute atomic E-state index is 0.0139. The van der Waals surface area contributed by atoms with Crippen LogP contribution in [-0.4, -0.2) is 91.0 Å². The number of aromatic nitrogens is 5. The van der Waals surface area contributed by atoms with Crippen molar-refractivity contribution < 1.29 is 27.8 Å². The lowest BCUT2D eigenvalue weighted by Crippen LogP contribution is -2.41. The molecule has 2 aliphatic heterocycles. The first-order valence-corrected chi connectivity index (χ1v) is 19.1. The Morgan fingerprint density at radius 1 is 0.929 bits per heavy atom. The van der Waals surface area contributed by atoms with Crippen molar-refractivity contribution in [2.24, 2.45) is 11.8 Å². The molecular weight excluding hydrogens is 721 g/mol. The summed E-state index contributed by atoms with van der Waals surface area (Å²) < 4.78 is 43.0. The van der Waals surface area contributed by atoms with Crippen molar-refractivity contribution in [3.63, 3.8) is 0 Å². The van der Waals surface area contributed by atoms with Crippen molar-refractivity contribution in [1.82, 2.24) is 39.5 Å². The lowest BCUT2D eigenvalue weighted by atomic mass is 9.95. The molecule has 294 valence electrons. The molecule has 2 fully saturated rings. The van der Waals surface area contributed by atoms with Gasteiger partial charge in [-0.05, 0) is 113 Å². The number of carbonyl (C=O) groups excluding carboxylic acids is 2. The first-order valence-electron chi connectivity index (χ1n) is 19.1. The smallest absolute Gasteiger partial charge is 0.410 e. The molecule has 1 unspecified atom stereocenters. The zero-order valence-corrected chi connectivity index (χ0v) is 32.1. The van der Waals surface area contributed by atoms with Crippen LogP contribution in [0, 0.1) is 23.5 Å². The van der Waals surface area contributed by atoms with E-state index in [1.165, 1.54) is 30.7 Å². The molecule has 13 nitrogen and oxygen atoms in total. The Kier molecular flexibility index (Phi) is 11.4. The van der Waals surface area contributed by atoms with E-state index >= 15 is 8.78 Å². The van der Waals surface area contributed by atoms with Crippen molar-refractivity contribution in [2.75, 3.05) is 44.6 Å². The van der Waals surface area contributed by atoms with Gasteiger partial charge in [-0.2, -0.15) is 4.39 Å². The monoisotopic (exact) mass is 767 g/mol. The number of nitrogens with zero attached hydrogens (tertiary/aromatic N) is 7. The van der Waals surface area contributed by atoms with Crippen LogP contribution in [0.3, 0.4) is 0 Å². The van der Waals surface area contributed by atoms with E-state index in [9.17, 15) is 9.59 Å². The fraction of sp³-hybridized carbons (Fsp3) is 0.415. The molecule has 5 aromatic rings. The maximum Gasteiger partial charge on any atom is 0.410 e. The van der Waals surface area contributed by atoms with Gasteiger partial charge in [0.1, 0.15) is 5.60 Å². The molecule has 5 heterocycles. The van der Waals surface area contributed by atoms with Crippen LogP contribution in [0.4, 0.5) is 25.1 Å². The Balaban J connectivity index is 0.935. The molecule has 2 saturated heterocycles. The van der Waals surface area contributed by atoms with Gasteiger partial charge in [0.2, 0.25) is 5.82 Å². The van der Waals surface area contributed by atoms with Gasteiger partial charge in [0, 0.05) is 67.8 Å². The lowest BCUT2D eigenvalue weighted by Gasteiger charge is -2.33. The summed E-state index contributed by atoms with van der Waals surface area (Å²) >= 11 is 0. The van der Waals surface area contributed by atoms with E-state index in [1.54, 1.807) is 28.9 Å². The Bertz CT molecular complexity index is 2190. The van der Waals surface area contributed by atoms with Crippen molar-refractivity contribution in [3.8, 4) is 23.0 Å². The van der Waals surface area contributed by atoms with Gasteiger partial charge in [-0.25, -0.2) is 29.1 Å². The van der Waals surface area contributed by atoms with Crippen LogP contribution in [0.2, 0.25) is 0 Å². The highest BCUT2D eigenvalue weighted by Gasteiger charge is 2.32. The molecule has 2 amide bonds. The average Bonchev–Trinajstić information content (AvgIpc) is 3.84. The van der Waals surface area contributed by atoms with Crippen molar-refractivity contribution >= 4 is 29.2 Å². The summed E-state index contributed by atoms with van der Waals surface area (Å²) in [5.74, 6) is -1.48. The molecule has 0 saturated carbocycles. The number of likely N-dealkylation sites (tertiary alicyclic amines) is 2. The number of rotatable bonds is 11. The second-order valence-corrected chi connectivity index (χ2v) is 15.4. The van der Waals surface area contributed by atoms with Gasteiger partial charge in [-0.15, -0.1) is 0 Å². The molecular formula is C41H47F2N9O4. The maximum atomic E-state index is 15.4. The summed E-state index contributed by atoms with van der Waals surface area (Å²) in [6.07, 6.45) is 10.9. The number of halogens is 2. The van der Waals surface area contributed by atoms with Gasteiger partial charge in [0.15, 0.2) is 23.0 Å². The number of carbonyl (C=O) groups is 2. The number of aryl methyl sites for hydroxylation is 1. The molecule has 3 aromatic heterocycles. The normalized spacial score (nSPS) is 16.6. The molecule has 2 aliphatic rings. The molecule has 7 rings (SSSR count). The Morgan fingerprint density at radius 3 is 2.45 bits per heavy atom. The largest absolute Gasteiger partial charge is 0.444 e. The summed E-state index contributed by atoms with van der Waals surface area (Å²) in [5.41, 5.74) is 2.40. The van der Waals surface area contributed by atoms with Crippen molar-refractivity contribution in [1.29, 1.82) is 0 Å². The van der Waals surface area contributed by atoms with E-state index in [0.29, 0.717) is 53.2 Å². The second kappa shape index (κ2) is 16.6. The highest BCUT2D eigenvalue weighted by Crippen LogP contribution is 2.33. The minimum Gasteiger partial charge on any atom is -0.444 e. The van der Waals surface area contributed by atoms with E-state index in [0.717, 1.165) is 57.5 Å². The third-order valence-corrected chi connectivity index (χ3v) is 10.2. The Morgan fingerprint density at radius 2 is 1.70 bits per heavy atom. The number of benzene rings is 2. The summed E-state index contributed by atoms with van der Waals surface area (Å²) in [7, 11) is 0. The summed E-state index contributed by atoms with van der Waals surface area (Å²) in [5, 5.41) is 6.46. The molecule has 2 N–H and O–H groups in total. The molecule has 1 atom stereocenters. The quantitative estimate of drug-likeness (QED) is 0.141. The fourth-order valence-corrected chi connectivity index (χ4v) is 7.32. The molecule has 56 heavy (non-hydrogen) atoms. The van der Waals surface area contributed by atoms with Crippen LogP contribution < -0.4 is 15.4 Å².